The highest BCUT2D eigenvalue weighted by Gasteiger charge is 2.31. The van der Waals surface area contributed by atoms with Gasteiger partial charge in [-0.3, -0.25) is 0 Å². The van der Waals surface area contributed by atoms with Gasteiger partial charge >= 0.3 is 12.3 Å². The molecule has 0 unspecified atom stereocenters. The van der Waals surface area contributed by atoms with E-state index in [0.717, 1.165) is 18.2 Å². The van der Waals surface area contributed by atoms with Crippen molar-refractivity contribution in [2.75, 3.05) is 13.9 Å². The number of carboxylic acid groups (broad SMARTS) is 1. The van der Waals surface area contributed by atoms with Crippen molar-refractivity contribution in [3.63, 3.8) is 0 Å². The van der Waals surface area contributed by atoms with Crippen LogP contribution in [0.2, 0.25) is 0 Å². The molecule has 0 heterocycles. The van der Waals surface area contributed by atoms with E-state index in [9.17, 15) is 18.0 Å². The van der Waals surface area contributed by atoms with Crippen LogP contribution in [0.3, 0.4) is 0 Å². The second kappa shape index (κ2) is 5.58. The third-order valence-electron chi connectivity index (χ3n) is 1.70. The summed E-state index contributed by atoms with van der Waals surface area (Å²) in [5.41, 5.74) is -0.386. The number of benzene rings is 1. The molecule has 1 N–H and O–H groups in total. The highest BCUT2D eigenvalue weighted by Crippen LogP contribution is 2.28. The second-order valence-electron chi connectivity index (χ2n) is 3.10. The maximum Gasteiger partial charge on any atom is 0.573 e. The first-order chi connectivity index (χ1) is 8.31. The molecular weight excluding hydrogens is 257 g/mol. The highest BCUT2D eigenvalue weighted by molar-refractivity contribution is 5.88. The van der Waals surface area contributed by atoms with Gasteiger partial charge in [0.15, 0.2) is 6.79 Å². The molecule has 5 nitrogen and oxygen atoms in total. The van der Waals surface area contributed by atoms with Crippen molar-refractivity contribution in [1.29, 1.82) is 0 Å². The van der Waals surface area contributed by atoms with Crippen LogP contribution in [0.15, 0.2) is 18.2 Å². The first-order valence-corrected chi connectivity index (χ1v) is 4.57. The molecule has 0 amide bonds. The van der Waals surface area contributed by atoms with Crippen LogP contribution in [-0.2, 0) is 4.74 Å². The lowest BCUT2D eigenvalue weighted by Crippen LogP contribution is -2.17. The first kappa shape index (κ1) is 14.1. The van der Waals surface area contributed by atoms with Gasteiger partial charge in [-0.2, -0.15) is 0 Å². The molecule has 0 spiro atoms. The predicted octanol–water partition coefficient (Wildman–Crippen LogP) is 2.27. The Kier molecular flexibility index (Phi) is 4.38. The van der Waals surface area contributed by atoms with Crippen LogP contribution in [0, 0.1) is 0 Å². The van der Waals surface area contributed by atoms with Gasteiger partial charge in [0.2, 0.25) is 0 Å². The zero-order chi connectivity index (χ0) is 13.8. The minimum atomic E-state index is -4.91. The number of rotatable bonds is 5. The maximum absolute atomic E-state index is 12.0. The number of aromatic carboxylic acids is 1. The maximum atomic E-state index is 12.0. The third kappa shape index (κ3) is 4.50. The van der Waals surface area contributed by atoms with E-state index in [1.807, 2.05) is 0 Å². The Labute approximate surface area is 99.7 Å². The van der Waals surface area contributed by atoms with Crippen LogP contribution >= 0.6 is 0 Å². The summed E-state index contributed by atoms with van der Waals surface area (Å²) < 4.78 is 49.1. The molecule has 0 atom stereocenters. The number of hydrogen-bond donors (Lipinski definition) is 1. The zero-order valence-corrected chi connectivity index (χ0v) is 9.15. The lowest BCUT2D eigenvalue weighted by Gasteiger charge is -2.11. The lowest BCUT2D eigenvalue weighted by molar-refractivity contribution is -0.274. The van der Waals surface area contributed by atoms with Gasteiger partial charge in [0.1, 0.15) is 11.5 Å². The third-order valence-corrected chi connectivity index (χ3v) is 1.70. The Bertz CT molecular complexity index is 430. The number of ether oxygens (including phenoxy) is 3. The minimum absolute atomic E-state index is 0.101. The van der Waals surface area contributed by atoms with Crippen LogP contribution in [0.5, 0.6) is 11.5 Å². The Hall–Kier alpha value is -1.96. The van der Waals surface area contributed by atoms with Gasteiger partial charge in [-0.15, -0.1) is 13.2 Å². The summed E-state index contributed by atoms with van der Waals surface area (Å²) in [5.74, 6) is -2.17. The van der Waals surface area contributed by atoms with Gasteiger partial charge in [0, 0.05) is 13.2 Å². The Morgan fingerprint density at radius 3 is 2.39 bits per heavy atom. The van der Waals surface area contributed by atoms with Gasteiger partial charge in [-0.1, -0.05) is 0 Å². The van der Waals surface area contributed by atoms with Crippen LogP contribution in [-0.4, -0.2) is 31.3 Å². The fraction of sp³-hybridized carbons (Fsp3) is 0.300. The van der Waals surface area contributed by atoms with E-state index in [-0.39, 0.29) is 18.1 Å². The van der Waals surface area contributed by atoms with Crippen LogP contribution in [0.4, 0.5) is 13.2 Å². The van der Waals surface area contributed by atoms with Crippen LogP contribution in [0.1, 0.15) is 10.4 Å². The molecule has 0 radical (unpaired) electrons. The van der Waals surface area contributed by atoms with Gasteiger partial charge < -0.3 is 19.3 Å². The molecule has 18 heavy (non-hydrogen) atoms. The van der Waals surface area contributed by atoms with Gasteiger partial charge in [0.25, 0.3) is 0 Å². The second-order valence-corrected chi connectivity index (χ2v) is 3.10. The van der Waals surface area contributed by atoms with Crippen molar-refractivity contribution in [2.45, 2.75) is 6.36 Å². The topological polar surface area (TPSA) is 65.0 Å². The highest BCUT2D eigenvalue weighted by atomic mass is 19.4. The van der Waals surface area contributed by atoms with Gasteiger partial charge in [-0.25, -0.2) is 4.79 Å². The number of carbonyl (C=O) groups is 1. The molecule has 0 aliphatic heterocycles. The molecule has 0 saturated carbocycles. The van der Waals surface area contributed by atoms with E-state index < -0.39 is 18.1 Å². The van der Waals surface area contributed by atoms with Gasteiger partial charge in [0.05, 0.1) is 5.56 Å². The van der Waals surface area contributed by atoms with Crippen LogP contribution in [0.25, 0.3) is 0 Å². The SMILES string of the molecule is COCOc1cc(OC(F)(F)F)cc(C(=O)O)c1. The normalized spacial score (nSPS) is 11.1. The lowest BCUT2D eigenvalue weighted by atomic mass is 10.2. The standard InChI is InChI=1S/C10H9F3O5/c1-16-5-17-7-2-6(9(14)15)3-8(4-7)18-10(11,12)13/h2-4H,5H2,1H3,(H,14,15). The largest absolute Gasteiger partial charge is 0.573 e. The van der Waals surface area contributed by atoms with E-state index in [1.54, 1.807) is 0 Å². The van der Waals surface area contributed by atoms with Crippen molar-refractivity contribution in [2.24, 2.45) is 0 Å². The molecule has 1 aromatic carbocycles. The van der Waals surface area contributed by atoms with Gasteiger partial charge in [-0.05, 0) is 12.1 Å². The van der Waals surface area contributed by atoms with Crippen LogP contribution < -0.4 is 9.47 Å². The Morgan fingerprint density at radius 1 is 1.28 bits per heavy atom. The fourth-order valence-corrected chi connectivity index (χ4v) is 1.10. The van der Waals surface area contributed by atoms with E-state index in [0.29, 0.717) is 0 Å². The summed E-state index contributed by atoms with van der Waals surface area (Å²) >= 11 is 0. The van der Waals surface area contributed by atoms with E-state index in [1.165, 1.54) is 7.11 Å². The van der Waals surface area contributed by atoms with E-state index >= 15 is 0 Å². The predicted molar refractivity (Wildman–Crippen MR) is 52.6 cm³/mol. The smallest absolute Gasteiger partial charge is 0.478 e. The Balaban J connectivity index is 3.02. The average molecular weight is 266 g/mol. The fourth-order valence-electron chi connectivity index (χ4n) is 1.10. The van der Waals surface area contributed by atoms with Crippen molar-refractivity contribution in [3.8, 4) is 11.5 Å². The molecule has 1 rings (SSSR count). The van der Waals surface area contributed by atoms with Crippen molar-refractivity contribution in [1.82, 2.24) is 0 Å². The molecule has 0 aliphatic rings. The molecule has 100 valence electrons. The molecule has 1 aromatic rings. The molecule has 8 heteroatoms. The minimum Gasteiger partial charge on any atom is -0.478 e. The summed E-state index contributed by atoms with van der Waals surface area (Å²) in [4.78, 5) is 10.7. The Morgan fingerprint density at radius 2 is 1.89 bits per heavy atom. The number of methoxy groups -OCH3 is 1. The van der Waals surface area contributed by atoms with E-state index in [4.69, 9.17) is 9.84 Å². The van der Waals surface area contributed by atoms with Crippen molar-refractivity contribution in [3.05, 3.63) is 23.8 Å². The number of halogens is 3. The molecule has 0 saturated heterocycles. The zero-order valence-electron chi connectivity index (χ0n) is 9.15. The summed E-state index contributed by atoms with van der Waals surface area (Å²) in [5, 5.41) is 8.73. The molecule has 0 aliphatic carbocycles. The molecule has 0 bridgehead atoms. The monoisotopic (exact) mass is 266 g/mol. The van der Waals surface area contributed by atoms with Crippen molar-refractivity contribution >= 4 is 5.97 Å². The summed E-state index contributed by atoms with van der Waals surface area (Å²) in [6.07, 6.45) is -4.91. The summed E-state index contributed by atoms with van der Waals surface area (Å²) in [7, 11) is 1.31. The molecule has 0 aromatic heterocycles. The number of carboxylic acids is 1. The summed E-state index contributed by atoms with van der Waals surface area (Å²) in [6, 6.07) is 2.72. The quantitative estimate of drug-likeness (QED) is 0.828. The number of hydrogen-bond acceptors (Lipinski definition) is 4. The summed E-state index contributed by atoms with van der Waals surface area (Å²) in [6.45, 7) is -0.228. The van der Waals surface area contributed by atoms with Crippen molar-refractivity contribution < 1.29 is 37.3 Å². The molecule has 0 fully saturated rings. The van der Waals surface area contributed by atoms with E-state index in [2.05, 4.69) is 9.47 Å². The average Bonchev–Trinajstić information content (AvgIpc) is 2.23. The molecular formula is C10H9F3O5. The number of alkyl halides is 3. The first-order valence-electron chi connectivity index (χ1n) is 4.57.